The number of anilines is 2. The van der Waals surface area contributed by atoms with E-state index in [0.717, 1.165) is 0 Å². The number of pyridine rings is 3. The molecule has 0 fully saturated rings. The Hall–Kier alpha value is -4.01. The lowest BCUT2D eigenvalue weighted by atomic mass is 10.2. The van der Waals surface area contributed by atoms with Gasteiger partial charge in [-0.25, -0.2) is 15.0 Å². The van der Waals surface area contributed by atoms with Crippen molar-refractivity contribution in [3.05, 3.63) is 66.2 Å². The molecule has 9 heteroatoms. The summed E-state index contributed by atoms with van der Waals surface area (Å²) < 4.78 is 0. The molecule has 2 amide bonds. The lowest BCUT2D eigenvalue weighted by Crippen LogP contribution is -2.19. The number of carbonyl (C=O) groups is 2. The van der Waals surface area contributed by atoms with Crippen LogP contribution in [0.4, 0.5) is 11.6 Å². The lowest BCUT2D eigenvalue weighted by molar-refractivity contribution is 0.101. The summed E-state index contributed by atoms with van der Waals surface area (Å²) in [7, 11) is 0. The van der Waals surface area contributed by atoms with E-state index in [1.54, 1.807) is 0 Å². The molecule has 130 valence electrons. The molecule has 0 aliphatic rings. The Bertz CT molecular complexity index is 902. The van der Waals surface area contributed by atoms with Crippen molar-refractivity contribution in [2.24, 2.45) is 0 Å². The topological polar surface area (TPSA) is 137 Å². The molecule has 0 spiro atoms. The van der Waals surface area contributed by atoms with Crippen LogP contribution in [0.15, 0.2) is 54.9 Å². The van der Waals surface area contributed by atoms with E-state index in [1.807, 2.05) is 0 Å². The highest BCUT2D eigenvalue weighted by atomic mass is 16.3. The second kappa shape index (κ2) is 7.26. The molecule has 0 atom stereocenters. The van der Waals surface area contributed by atoms with Crippen LogP contribution in [0.3, 0.4) is 0 Å². The number of rotatable bonds is 4. The maximum Gasteiger partial charge on any atom is 0.275 e. The Labute approximate surface area is 147 Å². The third kappa shape index (κ3) is 3.73. The molecule has 0 aliphatic heterocycles. The Morgan fingerprint density at radius 1 is 0.731 bits per heavy atom. The van der Waals surface area contributed by atoms with Gasteiger partial charge in [-0.3, -0.25) is 9.59 Å². The largest absolute Gasteiger partial charge is 0.504 e. The van der Waals surface area contributed by atoms with E-state index in [9.17, 15) is 19.8 Å². The molecule has 0 bridgehead atoms. The minimum atomic E-state index is -0.644. The number of nitrogens with one attached hydrogen (secondary N) is 2. The Morgan fingerprint density at radius 2 is 1.19 bits per heavy atom. The Balaban J connectivity index is 1.77. The van der Waals surface area contributed by atoms with E-state index >= 15 is 0 Å². The summed E-state index contributed by atoms with van der Waals surface area (Å²) in [6.45, 7) is 0. The van der Waals surface area contributed by atoms with Crippen molar-refractivity contribution in [2.75, 3.05) is 10.6 Å². The zero-order valence-corrected chi connectivity index (χ0v) is 13.2. The second-order valence-corrected chi connectivity index (χ2v) is 5.06. The third-order valence-corrected chi connectivity index (χ3v) is 3.25. The van der Waals surface area contributed by atoms with Gasteiger partial charge in [-0.05, 0) is 36.4 Å². The Kier molecular flexibility index (Phi) is 4.70. The number of hydrogen-bond donors (Lipinski definition) is 4. The zero-order valence-electron chi connectivity index (χ0n) is 13.2. The predicted molar refractivity (Wildman–Crippen MR) is 91.9 cm³/mol. The van der Waals surface area contributed by atoms with Crippen molar-refractivity contribution < 1.29 is 19.8 Å². The summed E-state index contributed by atoms with van der Waals surface area (Å²) in [5, 5.41) is 24.1. The van der Waals surface area contributed by atoms with Crippen LogP contribution in [0.5, 0.6) is 11.5 Å². The van der Waals surface area contributed by atoms with Gasteiger partial charge in [-0.1, -0.05) is 6.07 Å². The van der Waals surface area contributed by atoms with E-state index in [4.69, 9.17) is 0 Å². The first-order valence-corrected chi connectivity index (χ1v) is 7.42. The smallest absolute Gasteiger partial charge is 0.275 e. The van der Waals surface area contributed by atoms with Crippen molar-refractivity contribution in [2.45, 2.75) is 0 Å². The van der Waals surface area contributed by atoms with Gasteiger partial charge in [0.1, 0.15) is 11.4 Å². The minimum Gasteiger partial charge on any atom is -0.504 e. The van der Waals surface area contributed by atoms with Crippen molar-refractivity contribution in [3.63, 3.8) is 0 Å². The molecule has 4 N–H and O–H groups in total. The average Bonchev–Trinajstić information content (AvgIpc) is 2.65. The van der Waals surface area contributed by atoms with Gasteiger partial charge in [0.25, 0.3) is 11.8 Å². The zero-order chi connectivity index (χ0) is 18.5. The van der Waals surface area contributed by atoms with Crippen molar-refractivity contribution in [3.8, 4) is 11.5 Å². The first-order chi connectivity index (χ1) is 12.5. The maximum atomic E-state index is 12.2. The van der Waals surface area contributed by atoms with Crippen LogP contribution in [0, 0.1) is 0 Å². The van der Waals surface area contributed by atoms with E-state index < -0.39 is 11.8 Å². The molecule has 0 saturated heterocycles. The first-order valence-electron chi connectivity index (χ1n) is 7.42. The number of amides is 2. The van der Waals surface area contributed by atoms with E-state index in [0.29, 0.717) is 0 Å². The standard InChI is InChI=1S/C17H13N5O4/c23-12-6-2-8-18-14(12)21-16(25)10-4-1-5-11(20-10)17(26)22-15-13(24)7-3-9-19-15/h1-9,23-24H,(H,18,21,25)(H,19,22,26). The van der Waals surface area contributed by atoms with Gasteiger partial charge in [0.2, 0.25) is 0 Å². The van der Waals surface area contributed by atoms with E-state index in [2.05, 4.69) is 25.6 Å². The van der Waals surface area contributed by atoms with Crippen LogP contribution in [0.2, 0.25) is 0 Å². The molecule has 3 rings (SSSR count). The van der Waals surface area contributed by atoms with Crippen molar-refractivity contribution >= 4 is 23.5 Å². The average molecular weight is 351 g/mol. The molecule has 3 aromatic heterocycles. The Morgan fingerprint density at radius 3 is 1.62 bits per heavy atom. The van der Waals surface area contributed by atoms with Gasteiger partial charge >= 0.3 is 0 Å². The van der Waals surface area contributed by atoms with Crippen LogP contribution >= 0.6 is 0 Å². The SMILES string of the molecule is O=C(Nc1ncccc1O)c1cccc(C(=O)Nc2ncccc2O)n1. The van der Waals surface area contributed by atoms with Gasteiger partial charge in [0.15, 0.2) is 23.1 Å². The van der Waals surface area contributed by atoms with Crippen LogP contribution in [0.1, 0.15) is 21.0 Å². The van der Waals surface area contributed by atoms with Gasteiger partial charge in [-0.15, -0.1) is 0 Å². The first kappa shape index (κ1) is 16.8. The fraction of sp³-hybridized carbons (Fsp3) is 0. The fourth-order valence-corrected chi connectivity index (χ4v) is 2.02. The highest BCUT2D eigenvalue weighted by molar-refractivity contribution is 6.06. The second-order valence-electron chi connectivity index (χ2n) is 5.06. The highest BCUT2D eigenvalue weighted by Crippen LogP contribution is 2.20. The normalized spacial score (nSPS) is 10.2. The number of aromatic hydroxyl groups is 2. The number of hydrogen-bond acceptors (Lipinski definition) is 7. The number of aromatic nitrogens is 3. The molecule has 0 saturated carbocycles. The van der Waals surface area contributed by atoms with Crippen molar-refractivity contribution in [1.82, 2.24) is 15.0 Å². The van der Waals surface area contributed by atoms with Crippen LogP contribution in [-0.2, 0) is 0 Å². The third-order valence-electron chi connectivity index (χ3n) is 3.25. The number of nitrogens with zero attached hydrogens (tertiary/aromatic N) is 3. The molecule has 0 aromatic carbocycles. The monoisotopic (exact) mass is 351 g/mol. The molecule has 9 nitrogen and oxygen atoms in total. The lowest BCUT2D eigenvalue weighted by Gasteiger charge is -2.08. The van der Waals surface area contributed by atoms with E-state index in [1.165, 1.54) is 54.9 Å². The minimum absolute atomic E-state index is 0.0208. The van der Waals surface area contributed by atoms with Crippen molar-refractivity contribution in [1.29, 1.82) is 0 Å². The van der Waals surface area contributed by atoms with Crippen LogP contribution < -0.4 is 10.6 Å². The molecule has 0 aliphatic carbocycles. The highest BCUT2D eigenvalue weighted by Gasteiger charge is 2.15. The van der Waals surface area contributed by atoms with Crippen LogP contribution in [0.25, 0.3) is 0 Å². The molecule has 0 radical (unpaired) electrons. The number of carbonyl (C=O) groups excluding carboxylic acids is 2. The summed E-state index contributed by atoms with van der Waals surface area (Å²) >= 11 is 0. The molecule has 3 heterocycles. The summed E-state index contributed by atoms with van der Waals surface area (Å²) in [6, 6.07) is 10.1. The summed E-state index contributed by atoms with van der Waals surface area (Å²) in [5.74, 6) is -1.72. The molecular weight excluding hydrogens is 338 g/mol. The summed E-state index contributed by atoms with van der Waals surface area (Å²) in [4.78, 5) is 36.2. The maximum absolute atomic E-state index is 12.2. The van der Waals surface area contributed by atoms with Crippen LogP contribution in [-0.4, -0.2) is 37.0 Å². The summed E-state index contributed by atoms with van der Waals surface area (Å²) in [6.07, 6.45) is 2.82. The van der Waals surface area contributed by atoms with Gasteiger partial charge < -0.3 is 20.8 Å². The molecular formula is C17H13N5O4. The summed E-state index contributed by atoms with van der Waals surface area (Å²) in [5.41, 5.74) is -0.0964. The molecule has 0 unspecified atom stereocenters. The predicted octanol–water partition coefficient (Wildman–Crippen LogP) is 1.79. The fourth-order valence-electron chi connectivity index (χ4n) is 2.02. The van der Waals surface area contributed by atoms with Gasteiger partial charge in [-0.2, -0.15) is 0 Å². The van der Waals surface area contributed by atoms with E-state index in [-0.39, 0.29) is 34.5 Å². The quantitative estimate of drug-likeness (QED) is 0.562. The van der Waals surface area contributed by atoms with Gasteiger partial charge in [0, 0.05) is 12.4 Å². The molecule has 3 aromatic rings. The van der Waals surface area contributed by atoms with Gasteiger partial charge in [0.05, 0.1) is 0 Å². The molecule has 26 heavy (non-hydrogen) atoms.